The maximum absolute atomic E-state index is 13.4. The Kier molecular flexibility index (Phi) is 12.9. The molecular weight excluding hydrogens is 771 g/mol. The van der Waals surface area contributed by atoms with Crippen molar-refractivity contribution in [2.45, 2.75) is 18.9 Å². The minimum Gasteiger partial charge on any atom is -0.395 e. The molecular formula is C19H28I3N7O4. The SMILES string of the molecule is CNc1c(I)c(C(=O)NCCO)c(I)c(C(=O)NC(CCCN=C(N)N)C(=O)N(C)C)c1I. The van der Waals surface area contributed by atoms with Gasteiger partial charge < -0.3 is 37.4 Å². The number of guanidine groups is 1. The summed E-state index contributed by atoms with van der Waals surface area (Å²) >= 11 is 6.07. The third kappa shape index (κ3) is 8.23. The topological polar surface area (TPSA) is 175 Å². The van der Waals surface area contributed by atoms with E-state index in [-0.39, 0.29) is 30.6 Å². The van der Waals surface area contributed by atoms with E-state index in [4.69, 9.17) is 16.6 Å². The fraction of sp³-hybridized carbons (Fsp3) is 0.474. The van der Waals surface area contributed by atoms with E-state index in [0.29, 0.717) is 41.3 Å². The van der Waals surface area contributed by atoms with Gasteiger partial charge in [0.15, 0.2) is 5.96 Å². The Labute approximate surface area is 233 Å². The molecule has 33 heavy (non-hydrogen) atoms. The number of aliphatic hydroxyl groups excluding tert-OH is 1. The molecule has 0 radical (unpaired) electrons. The van der Waals surface area contributed by atoms with Crippen LogP contribution in [0.25, 0.3) is 0 Å². The number of aliphatic imine (C=N–C) groups is 1. The lowest BCUT2D eigenvalue weighted by Gasteiger charge is -2.23. The number of nitrogens with one attached hydrogen (secondary N) is 3. The summed E-state index contributed by atoms with van der Waals surface area (Å²) in [5, 5.41) is 17.5. The van der Waals surface area contributed by atoms with Crippen LogP contribution < -0.4 is 27.4 Å². The highest BCUT2D eigenvalue weighted by Crippen LogP contribution is 2.35. The van der Waals surface area contributed by atoms with E-state index in [2.05, 4.69) is 66.1 Å². The van der Waals surface area contributed by atoms with E-state index in [0.717, 1.165) is 0 Å². The fourth-order valence-corrected chi connectivity index (χ4v) is 7.53. The Morgan fingerprint density at radius 2 is 1.64 bits per heavy atom. The van der Waals surface area contributed by atoms with Crippen molar-refractivity contribution in [1.82, 2.24) is 15.5 Å². The zero-order chi connectivity index (χ0) is 25.3. The standard InChI is InChI=1S/C19H28I3N7O4/c1-25-15-13(21)10(16(31)26-7-8-30)12(20)11(14(15)22)17(32)28-9(18(33)29(2)3)5-4-6-27-19(23)24/h9,25,30H,4-8H2,1-3H3,(H,26,31)(H,28,32)(H4,23,24,27). The molecule has 1 rings (SSSR count). The summed E-state index contributed by atoms with van der Waals surface area (Å²) in [6.45, 7) is 0.208. The Hall–Kier alpha value is -1.15. The van der Waals surface area contributed by atoms with Crippen LogP contribution in [0.2, 0.25) is 0 Å². The maximum Gasteiger partial charge on any atom is 0.254 e. The third-order valence-corrected chi connectivity index (χ3v) is 7.64. The van der Waals surface area contributed by atoms with Gasteiger partial charge in [-0.25, -0.2) is 0 Å². The monoisotopic (exact) mass is 799 g/mol. The molecule has 0 heterocycles. The van der Waals surface area contributed by atoms with Crippen LogP contribution in [0.1, 0.15) is 33.6 Å². The van der Waals surface area contributed by atoms with E-state index >= 15 is 0 Å². The summed E-state index contributed by atoms with van der Waals surface area (Å²) in [7, 11) is 4.92. The normalized spacial score (nSPS) is 11.4. The first-order chi connectivity index (χ1) is 15.5. The molecule has 8 N–H and O–H groups in total. The minimum atomic E-state index is -0.794. The molecule has 0 saturated heterocycles. The number of hydrogen-bond acceptors (Lipinski definition) is 6. The van der Waals surface area contributed by atoms with Gasteiger partial charge in [0.1, 0.15) is 6.04 Å². The average molecular weight is 799 g/mol. The van der Waals surface area contributed by atoms with Gasteiger partial charge in [0.05, 0.1) is 30.6 Å². The van der Waals surface area contributed by atoms with Crippen LogP contribution in [0.3, 0.4) is 0 Å². The van der Waals surface area contributed by atoms with E-state index in [1.54, 1.807) is 21.1 Å². The number of nitrogens with two attached hydrogens (primary N) is 2. The molecule has 0 spiro atoms. The van der Waals surface area contributed by atoms with Crippen LogP contribution in [0.15, 0.2) is 4.99 Å². The molecule has 1 unspecified atom stereocenters. The number of carbonyl (C=O) groups excluding carboxylic acids is 3. The van der Waals surface area contributed by atoms with E-state index < -0.39 is 17.9 Å². The second kappa shape index (κ2) is 14.3. The molecule has 1 atom stereocenters. The summed E-state index contributed by atoms with van der Waals surface area (Å²) in [5.74, 6) is -1.18. The van der Waals surface area contributed by atoms with Gasteiger partial charge in [0.2, 0.25) is 5.91 Å². The summed E-state index contributed by atoms with van der Waals surface area (Å²) in [6, 6.07) is -0.794. The zero-order valence-electron chi connectivity index (χ0n) is 18.5. The number of hydrogen-bond donors (Lipinski definition) is 6. The third-order valence-electron chi connectivity index (χ3n) is 4.41. The largest absolute Gasteiger partial charge is 0.395 e. The predicted octanol–water partition coefficient (Wildman–Crippen LogP) is 0.504. The number of rotatable bonds is 11. The van der Waals surface area contributed by atoms with Crippen molar-refractivity contribution in [3.8, 4) is 0 Å². The molecule has 0 aliphatic heterocycles. The predicted molar refractivity (Wildman–Crippen MR) is 153 cm³/mol. The summed E-state index contributed by atoms with van der Waals surface area (Å²) in [6.07, 6.45) is 0.819. The van der Waals surface area contributed by atoms with E-state index in [1.165, 1.54) is 4.90 Å². The summed E-state index contributed by atoms with van der Waals surface area (Å²) < 4.78 is 1.72. The van der Waals surface area contributed by atoms with Crippen molar-refractivity contribution in [1.29, 1.82) is 0 Å². The number of aliphatic hydroxyl groups is 1. The molecule has 0 saturated carbocycles. The highest BCUT2D eigenvalue weighted by molar-refractivity contribution is 14.1. The van der Waals surface area contributed by atoms with Crippen LogP contribution in [0.5, 0.6) is 0 Å². The van der Waals surface area contributed by atoms with Crippen molar-refractivity contribution < 1.29 is 19.5 Å². The molecule has 14 heteroatoms. The number of amides is 3. The molecule has 1 aromatic rings. The molecule has 1 aromatic carbocycles. The first-order valence-corrected chi connectivity index (χ1v) is 13.1. The number of likely N-dealkylation sites (N-methyl/N-ethyl adjacent to an activating group) is 1. The Morgan fingerprint density at radius 3 is 2.12 bits per heavy atom. The van der Waals surface area contributed by atoms with Crippen LogP contribution in [0, 0.1) is 10.7 Å². The maximum atomic E-state index is 13.4. The number of nitrogens with zero attached hydrogens (tertiary/aromatic N) is 2. The molecule has 184 valence electrons. The Morgan fingerprint density at radius 1 is 1.06 bits per heavy atom. The van der Waals surface area contributed by atoms with Gasteiger partial charge in [-0.2, -0.15) is 0 Å². The van der Waals surface area contributed by atoms with Crippen molar-refractivity contribution in [2.75, 3.05) is 46.2 Å². The van der Waals surface area contributed by atoms with Crippen molar-refractivity contribution in [2.24, 2.45) is 16.5 Å². The summed E-state index contributed by atoms with van der Waals surface area (Å²) in [5.41, 5.74) is 11.9. The van der Waals surface area contributed by atoms with Gasteiger partial charge in [-0.15, -0.1) is 0 Å². The first kappa shape index (κ1) is 29.9. The Balaban J connectivity index is 3.37. The lowest BCUT2D eigenvalue weighted by atomic mass is 10.1. The molecule has 0 fully saturated rings. The van der Waals surface area contributed by atoms with E-state index in [1.807, 2.05) is 22.6 Å². The lowest BCUT2D eigenvalue weighted by molar-refractivity contribution is -0.130. The van der Waals surface area contributed by atoms with Crippen LogP contribution in [-0.4, -0.2) is 80.6 Å². The quantitative estimate of drug-likeness (QED) is 0.0819. The first-order valence-electron chi connectivity index (χ1n) is 9.82. The van der Waals surface area contributed by atoms with Crippen LogP contribution >= 0.6 is 67.8 Å². The number of halogens is 3. The zero-order valence-corrected chi connectivity index (χ0v) is 24.9. The number of anilines is 1. The fourth-order valence-electron chi connectivity index (χ4n) is 2.84. The summed E-state index contributed by atoms with van der Waals surface area (Å²) in [4.78, 5) is 44.2. The lowest BCUT2D eigenvalue weighted by Crippen LogP contribution is -2.46. The molecule has 0 aromatic heterocycles. The van der Waals surface area contributed by atoms with Gasteiger partial charge in [0.25, 0.3) is 11.8 Å². The van der Waals surface area contributed by atoms with Gasteiger partial charge in [0, 0.05) is 37.8 Å². The minimum absolute atomic E-state index is 0.0379. The molecule has 0 aliphatic carbocycles. The highest BCUT2D eigenvalue weighted by atomic mass is 127. The van der Waals surface area contributed by atoms with Crippen molar-refractivity contribution in [3.05, 3.63) is 21.8 Å². The Bertz CT molecular complexity index is 921. The number of benzene rings is 1. The van der Waals surface area contributed by atoms with E-state index in [9.17, 15) is 14.4 Å². The second-order valence-corrected chi connectivity index (χ2v) is 10.2. The van der Waals surface area contributed by atoms with Crippen molar-refractivity contribution in [3.63, 3.8) is 0 Å². The van der Waals surface area contributed by atoms with Gasteiger partial charge >= 0.3 is 0 Å². The second-order valence-electron chi connectivity index (χ2n) is 7.00. The molecule has 0 bridgehead atoms. The van der Waals surface area contributed by atoms with Crippen molar-refractivity contribution >= 4 is 97.1 Å². The van der Waals surface area contributed by atoms with Crippen LogP contribution in [0.4, 0.5) is 5.69 Å². The average Bonchev–Trinajstić information content (AvgIpc) is 2.73. The number of carbonyl (C=O) groups is 3. The molecule has 3 amide bonds. The van der Waals surface area contributed by atoms with Gasteiger partial charge in [-0.05, 0) is 80.6 Å². The molecule has 11 nitrogen and oxygen atoms in total. The highest BCUT2D eigenvalue weighted by Gasteiger charge is 2.30. The smallest absolute Gasteiger partial charge is 0.254 e. The molecule has 0 aliphatic rings. The van der Waals surface area contributed by atoms with Crippen LogP contribution in [-0.2, 0) is 4.79 Å². The van der Waals surface area contributed by atoms with Gasteiger partial charge in [-0.1, -0.05) is 0 Å². The van der Waals surface area contributed by atoms with Gasteiger partial charge in [-0.3, -0.25) is 19.4 Å².